The lowest BCUT2D eigenvalue weighted by molar-refractivity contribution is -0.123. The molecule has 6 nitrogen and oxygen atoms in total. The van der Waals surface area contributed by atoms with Crippen LogP contribution in [0.3, 0.4) is 0 Å². The number of hydrogen-bond donors (Lipinski definition) is 2. The van der Waals surface area contributed by atoms with E-state index in [1.54, 1.807) is 6.20 Å². The first-order valence-corrected chi connectivity index (χ1v) is 7.73. The van der Waals surface area contributed by atoms with Crippen LogP contribution in [-0.4, -0.2) is 41.3 Å². The summed E-state index contributed by atoms with van der Waals surface area (Å²) < 4.78 is 7.20. The zero-order valence-electron chi connectivity index (χ0n) is 13.0. The van der Waals surface area contributed by atoms with Gasteiger partial charge in [0.15, 0.2) is 0 Å². The van der Waals surface area contributed by atoms with E-state index in [1.165, 1.54) is 0 Å². The lowest BCUT2D eigenvalue weighted by Crippen LogP contribution is -2.40. The number of aromatic nitrogens is 2. The average Bonchev–Trinajstić information content (AvgIpc) is 2.87. The highest BCUT2D eigenvalue weighted by molar-refractivity contribution is 5.76. The summed E-state index contributed by atoms with van der Waals surface area (Å²) >= 11 is 0. The number of ether oxygens (including phenoxy) is 1. The average molecular weight is 294 g/mol. The van der Waals surface area contributed by atoms with Crippen molar-refractivity contribution in [1.29, 1.82) is 0 Å². The van der Waals surface area contributed by atoms with Gasteiger partial charge < -0.3 is 19.9 Å². The van der Waals surface area contributed by atoms with Gasteiger partial charge in [-0.25, -0.2) is 4.98 Å². The highest BCUT2D eigenvalue weighted by Crippen LogP contribution is 2.06. The van der Waals surface area contributed by atoms with E-state index < -0.39 is 0 Å². The SMILES string of the molecule is CC(C)CNCc1nccn1CC(=O)NC1CCOCC1. The molecule has 118 valence electrons. The van der Waals surface area contributed by atoms with Gasteiger partial charge in [0, 0.05) is 31.6 Å². The number of imidazole rings is 1. The Labute approximate surface area is 126 Å². The molecule has 1 aromatic heterocycles. The number of carbonyl (C=O) groups is 1. The number of rotatable bonds is 7. The normalized spacial score (nSPS) is 16.3. The Morgan fingerprint density at radius 3 is 2.95 bits per heavy atom. The Hall–Kier alpha value is -1.40. The molecule has 1 saturated heterocycles. The van der Waals surface area contributed by atoms with Gasteiger partial charge in [-0.05, 0) is 25.3 Å². The van der Waals surface area contributed by atoms with E-state index in [9.17, 15) is 4.79 Å². The molecular formula is C15H26N4O2. The molecular weight excluding hydrogens is 268 g/mol. The zero-order chi connectivity index (χ0) is 15.1. The molecule has 0 saturated carbocycles. The van der Waals surface area contributed by atoms with Gasteiger partial charge in [-0.3, -0.25) is 4.79 Å². The second-order valence-corrected chi connectivity index (χ2v) is 5.95. The minimum atomic E-state index is 0.0463. The lowest BCUT2D eigenvalue weighted by Gasteiger charge is -2.23. The number of nitrogens with zero attached hydrogens (tertiary/aromatic N) is 2. The quantitative estimate of drug-likeness (QED) is 0.785. The van der Waals surface area contributed by atoms with Gasteiger partial charge in [0.05, 0.1) is 6.54 Å². The van der Waals surface area contributed by atoms with Crippen LogP contribution in [-0.2, 0) is 22.6 Å². The number of nitrogens with one attached hydrogen (secondary N) is 2. The second-order valence-electron chi connectivity index (χ2n) is 5.95. The molecule has 1 aromatic rings. The van der Waals surface area contributed by atoms with Crippen molar-refractivity contribution in [2.45, 2.75) is 45.8 Å². The van der Waals surface area contributed by atoms with Gasteiger partial charge >= 0.3 is 0 Å². The predicted octanol–water partition coefficient (Wildman–Crippen LogP) is 0.924. The Kier molecular flexibility index (Phi) is 6.20. The smallest absolute Gasteiger partial charge is 0.240 e. The summed E-state index contributed by atoms with van der Waals surface area (Å²) in [5.74, 6) is 1.55. The van der Waals surface area contributed by atoms with Crippen LogP contribution in [0.25, 0.3) is 0 Å². The highest BCUT2D eigenvalue weighted by atomic mass is 16.5. The Bertz CT molecular complexity index is 439. The summed E-state index contributed by atoms with van der Waals surface area (Å²) in [5, 5.41) is 6.42. The largest absolute Gasteiger partial charge is 0.381 e. The third-order valence-electron chi connectivity index (χ3n) is 3.54. The van der Waals surface area contributed by atoms with Crippen LogP contribution in [0.4, 0.5) is 0 Å². The molecule has 1 amide bonds. The van der Waals surface area contributed by atoms with Crippen molar-refractivity contribution in [2.75, 3.05) is 19.8 Å². The molecule has 0 aromatic carbocycles. The maximum absolute atomic E-state index is 12.1. The maximum atomic E-state index is 12.1. The van der Waals surface area contributed by atoms with E-state index in [1.807, 2.05) is 10.8 Å². The number of carbonyl (C=O) groups excluding carboxylic acids is 1. The van der Waals surface area contributed by atoms with E-state index >= 15 is 0 Å². The molecule has 0 bridgehead atoms. The monoisotopic (exact) mass is 294 g/mol. The topological polar surface area (TPSA) is 68.2 Å². The minimum Gasteiger partial charge on any atom is -0.381 e. The van der Waals surface area contributed by atoms with Crippen molar-refractivity contribution in [3.05, 3.63) is 18.2 Å². The van der Waals surface area contributed by atoms with Gasteiger partial charge in [-0.2, -0.15) is 0 Å². The van der Waals surface area contributed by atoms with Gasteiger partial charge in [0.2, 0.25) is 5.91 Å². The Balaban J connectivity index is 1.79. The van der Waals surface area contributed by atoms with Gasteiger partial charge in [-0.15, -0.1) is 0 Å². The molecule has 21 heavy (non-hydrogen) atoms. The van der Waals surface area contributed by atoms with E-state index in [4.69, 9.17) is 4.74 Å². The summed E-state index contributed by atoms with van der Waals surface area (Å²) in [6, 6.07) is 0.247. The zero-order valence-corrected chi connectivity index (χ0v) is 13.0. The summed E-state index contributed by atoms with van der Waals surface area (Å²) in [5.41, 5.74) is 0. The van der Waals surface area contributed by atoms with E-state index in [2.05, 4.69) is 29.5 Å². The molecule has 1 aliphatic heterocycles. The fourth-order valence-electron chi connectivity index (χ4n) is 2.39. The molecule has 1 aliphatic rings. The summed E-state index contributed by atoms with van der Waals surface area (Å²) in [4.78, 5) is 16.4. The first kappa shape index (κ1) is 16.0. The van der Waals surface area contributed by atoms with E-state index in [0.29, 0.717) is 19.0 Å². The maximum Gasteiger partial charge on any atom is 0.240 e. The van der Waals surface area contributed by atoms with Crippen molar-refractivity contribution in [1.82, 2.24) is 20.2 Å². The second kappa shape index (κ2) is 8.14. The van der Waals surface area contributed by atoms with E-state index in [-0.39, 0.29) is 11.9 Å². The molecule has 0 radical (unpaired) electrons. The van der Waals surface area contributed by atoms with Crippen molar-refractivity contribution < 1.29 is 9.53 Å². The predicted molar refractivity (Wildman–Crippen MR) is 80.8 cm³/mol. The molecule has 0 atom stereocenters. The van der Waals surface area contributed by atoms with Crippen LogP contribution in [0.15, 0.2) is 12.4 Å². The van der Waals surface area contributed by atoms with Gasteiger partial charge in [0.1, 0.15) is 12.4 Å². The van der Waals surface area contributed by atoms with Gasteiger partial charge in [0.25, 0.3) is 0 Å². The Morgan fingerprint density at radius 2 is 2.24 bits per heavy atom. The van der Waals surface area contributed by atoms with Crippen molar-refractivity contribution in [2.24, 2.45) is 5.92 Å². The van der Waals surface area contributed by atoms with Crippen molar-refractivity contribution in [3.63, 3.8) is 0 Å². The summed E-state index contributed by atoms with van der Waals surface area (Å²) in [6.45, 7) is 7.77. The fraction of sp³-hybridized carbons (Fsp3) is 0.733. The van der Waals surface area contributed by atoms with Crippen LogP contribution in [0.5, 0.6) is 0 Å². The molecule has 0 unspecified atom stereocenters. The van der Waals surface area contributed by atoms with Gasteiger partial charge in [-0.1, -0.05) is 13.8 Å². The highest BCUT2D eigenvalue weighted by Gasteiger charge is 2.16. The van der Waals surface area contributed by atoms with Crippen LogP contribution in [0.2, 0.25) is 0 Å². The lowest BCUT2D eigenvalue weighted by atomic mass is 10.1. The molecule has 1 fully saturated rings. The fourth-order valence-corrected chi connectivity index (χ4v) is 2.39. The number of amides is 1. The molecule has 0 spiro atoms. The molecule has 2 heterocycles. The van der Waals surface area contributed by atoms with E-state index in [0.717, 1.165) is 38.4 Å². The number of hydrogen-bond acceptors (Lipinski definition) is 4. The third kappa shape index (κ3) is 5.47. The van der Waals surface area contributed by atoms with Crippen molar-refractivity contribution in [3.8, 4) is 0 Å². The third-order valence-corrected chi connectivity index (χ3v) is 3.54. The Morgan fingerprint density at radius 1 is 1.48 bits per heavy atom. The molecule has 6 heteroatoms. The summed E-state index contributed by atoms with van der Waals surface area (Å²) in [7, 11) is 0. The van der Waals surface area contributed by atoms with Crippen LogP contribution in [0.1, 0.15) is 32.5 Å². The standard InChI is InChI=1S/C15H26N4O2/c1-12(2)9-16-10-14-17-5-6-19(14)11-15(20)18-13-3-7-21-8-4-13/h5-6,12-13,16H,3-4,7-11H2,1-2H3,(H,18,20). The first-order valence-electron chi connectivity index (χ1n) is 7.73. The molecule has 2 rings (SSSR count). The summed E-state index contributed by atoms with van der Waals surface area (Å²) in [6.07, 6.45) is 5.40. The minimum absolute atomic E-state index is 0.0463. The van der Waals surface area contributed by atoms with Crippen molar-refractivity contribution >= 4 is 5.91 Å². The molecule has 2 N–H and O–H groups in total. The van der Waals surface area contributed by atoms with Crippen LogP contribution in [0, 0.1) is 5.92 Å². The molecule has 0 aliphatic carbocycles. The van der Waals surface area contributed by atoms with Crippen LogP contribution < -0.4 is 10.6 Å². The first-order chi connectivity index (χ1) is 10.1. The van der Waals surface area contributed by atoms with Crippen LogP contribution >= 0.6 is 0 Å².